The number of benzene rings is 2. The molecule has 2 fully saturated rings. The molecule has 0 aliphatic carbocycles. The molecule has 0 bridgehead atoms. The Kier molecular flexibility index (Phi) is 5.77. The highest BCUT2D eigenvalue weighted by atomic mass is 32.2. The van der Waals surface area contributed by atoms with Crippen LogP contribution >= 0.6 is 0 Å². The van der Waals surface area contributed by atoms with E-state index < -0.39 is 46.3 Å². The lowest BCUT2D eigenvalue weighted by Crippen LogP contribution is -2.48. The molecule has 2 aromatic carbocycles. The minimum atomic E-state index is -3.24. The van der Waals surface area contributed by atoms with Crippen LogP contribution in [0.15, 0.2) is 54.6 Å². The summed E-state index contributed by atoms with van der Waals surface area (Å²) in [5.74, 6) is -1.08. The fraction of sp³-hybridized carbons (Fsp3) is 0.348. The number of nitrogens with zero attached hydrogens (tertiary/aromatic N) is 3. The fourth-order valence-electron chi connectivity index (χ4n) is 4.25. The molecule has 0 unspecified atom stereocenters. The zero-order valence-corrected chi connectivity index (χ0v) is 18.8. The zero-order chi connectivity index (χ0) is 23.0. The number of carbonyl (C=O) groups excluding carboxylic acids is 3. The van der Waals surface area contributed by atoms with Gasteiger partial charge in [0.25, 0.3) is 5.91 Å². The average Bonchev–Trinajstić information content (AvgIpc) is 3.21. The number of urea groups is 1. The number of carbonyl (C=O) groups is 3. The van der Waals surface area contributed by atoms with Crippen LogP contribution in [-0.4, -0.2) is 61.3 Å². The van der Waals surface area contributed by atoms with Crippen LogP contribution in [0.3, 0.4) is 0 Å². The van der Waals surface area contributed by atoms with Gasteiger partial charge in [-0.1, -0.05) is 35.9 Å². The molecule has 2 saturated heterocycles. The average molecular weight is 456 g/mol. The van der Waals surface area contributed by atoms with Gasteiger partial charge in [0.05, 0.1) is 17.5 Å². The maximum atomic E-state index is 13.3. The second-order valence-electron chi connectivity index (χ2n) is 8.24. The quantitative estimate of drug-likeness (QED) is 0.645. The van der Waals surface area contributed by atoms with E-state index in [0.29, 0.717) is 17.8 Å². The third-order valence-corrected chi connectivity index (χ3v) is 7.68. The van der Waals surface area contributed by atoms with Gasteiger partial charge < -0.3 is 4.90 Å². The van der Waals surface area contributed by atoms with Crippen molar-refractivity contribution in [2.75, 3.05) is 27.9 Å². The van der Waals surface area contributed by atoms with Crippen LogP contribution in [0.2, 0.25) is 0 Å². The van der Waals surface area contributed by atoms with Gasteiger partial charge in [0, 0.05) is 11.4 Å². The highest BCUT2D eigenvalue weighted by Crippen LogP contribution is 2.28. The lowest BCUT2D eigenvalue weighted by molar-refractivity contribution is -0.131. The van der Waals surface area contributed by atoms with Gasteiger partial charge in [-0.2, -0.15) is 0 Å². The van der Waals surface area contributed by atoms with E-state index in [9.17, 15) is 22.8 Å². The summed E-state index contributed by atoms with van der Waals surface area (Å²) in [5, 5.41) is 0. The maximum Gasteiger partial charge on any atom is 0.332 e. The first-order chi connectivity index (χ1) is 15.2. The van der Waals surface area contributed by atoms with E-state index in [1.807, 2.05) is 19.1 Å². The molecular weight excluding hydrogens is 430 g/mol. The van der Waals surface area contributed by atoms with E-state index >= 15 is 0 Å². The number of sulfone groups is 1. The molecular formula is C23H25N3O5S. The summed E-state index contributed by atoms with van der Waals surface area (Å²) in [4.78, 5) is 43.1. The van der Waals surface area contributed by atoms with Crippen molar-refractivity contribution in [3.63, 3.8) is 0 Å². The molecule has 0 N–H and O–H groups in total. The summed E-state index contributed by atoms with van der Waals surface area (Å²) in [6.45, 7) is 3.11. The van der Waals surface area contributed by atoms with Crippen molar-refractivity contribution in [3.05, 3.63) is 60.2 Å². The van der Waals surface area contributed by atoms with Crippen molar-refractivity contribution in [1.82, 2.24) is 4.90 Å². The summed E-state index contributed by atoms with van der Waals surface area (Å²) < 4.78 is 24.1. The summed E-state index contributed by atoms with van der Waals surface area (Å²) in [5.41, 5.74) is 2.15. The highest BCUT2D eigenvalue weighted by molar-refractivity contribution is 7.91. The number of hydrogen-bond acceptors (Lipinski definition) is 5. The molecule has 168 valence electrons. The standard InChI is InChI=1S/C23H25N3O5S/c1-16-8-10-19(11-9-16)25-17(2)22(28)24(23(25)29)14-21(27)26(18-6-4-3-5-7-18)20-12-13-32(30,31)15-20/h3-11,17,20H,12-15H2,1-2H3/t17-,20-/m1/s1. The molecule has 0 saturated carbocycles. The number of rotatable bonds is 5. The molecule has 2 heterocycles. The summed E-state index contributed by atoms with van der Waals surface area (Å²) in [7, 11) is -3.24. The molecule has 4 amide bonds. The SMILES string of the molecule is Cc1ccc(N2C(=O)N(CC(=O)N(c3ccccc3)[C@@H]3CCS(=O)(=O)C3)C(=O)[C@H]2C)cc1. The normalized spacial score (nSPS) is 22.4. The first-order valence-electron chi connectivity index (χ1n) is 10.5. The largest absolute Gasteiger partial charge is 0.332 e. The van der Waals surface area contributed by atoms with Gasteiger partial charge in [0.2, 0.25) is 5.91 Å². The molecule has 2 atom stereocenters. The fourth-order valence-corrected chi connectivity index (χ4v) is 5.95. The molecule has 4 rings (SSSR count). The predicted octanol–water partition coefficient (Wildman–Crippen LogP) is 2.37. The first-order valence-corrected chi connectivity index (χ1v) is 12.3. The Labute approximate surface area is 187 Å². The molecule has 8 nitrogen and oxygen atoms in total. The van der Waals surface area contributed by atoms with Crippen LogP contribution in [0.1, 0.15) is 18.9 Å². The van der Waals surface area contributed by atoms with Crippen LogP contribution in [0.25, 0.3) is 0 Å². The van der Waals surface area contributed by atoms with Gasteiger partial charge in [0.1, 0.15) is 12.6 Å². The Bertz CT molecular complexity index is 1150. The van der Waals surface area contributed by atoms with Crippen LogP contribution in [0, 0.1) is 6.92 Å². The van der Waals surface area contributed by atoms with Gasteiger partial charge in [-0.25, -0.2) is 13.2 Å². The Morgan fingerprint density at radius 2 is 1.72 bits per heavy atom. The van der Waals surface area contributed by atoms with Crippen molar-refractivity contribution < 1.29 is 22.8 Å². The summed E-state index contributed by atoms with van der Waals surface area (Å²) >= 11 is 0. The Morgan fingerprint density at radius 3 is 2.31 bits per heavy atom. The van der Waals surface area contributed by atoms with Crippen LogP contribution in [0.4, 0.5) is 16.2 Å². The smallest absolute Gasteiger partial charge is 0.307 e. The van der Waals surface area contributed by atoms with E-state index in [-0.39, 0.29) is 11.5 Å². The van der Waals surface area contributed by atoms with Crippen molar-refractivity contribution >= 4 is 39.1 Å². The Balaban J connectivity index is 1.59. The van der Waals surface area contributed by atoms with Crippen LogP contribution < -0.4 is 9.80 Å². The molecule has 0 spiro atoms. The number of hydrogen-bond donors (Lipinski definition) is 0. The molecule has 2 aliphatic heterocycles. The molecule has 2 aliphatic rings. The lowest BCUT2D eigenvalue weighted by atomic mass is 10.1. The summed E-state index contributed by atoms with van der Waals surface area (Å²) in [6, 6.07) is 14.1. The minimum Gasteiger partial charge on any atom is -0.307 e. The second kappa shape index (κ2) is 8.38. The number of imide groups is 1. The third-order valence-electron chi connectivity index (χ3n) is 5.93. The van der Waals surface area contributed by atoms with Gasteiger partial charge in [-0.15, -0.1) is 0 Å². The van der Waals surface area contributed by atoms with E-state index in [0.717, 1.165) is 10.5 Å². The molecule has 9 heteroatoms. The summed E-state index contributed by atoms with van der Waals surface area (Å²) in [6.07, 6.45) is 0.316. The van der Waals surface area contributed by atoms with E-state index in [2.05, 4.69) is 0 Å². The number of anilines is 2. The molecule has 0 radical (unpaired) electrons. The molecule has 2 aromatic rings. The molecule has 32 heavy (non-hydrogen) atoms. The van der Waals surface area contributed by atoms with Gasteiger partial charge in [-0.05, 0) is 44.5 Å². The van der Waals surface area contributed by atoms with Crippen LogP contribution in [-0.2, 0) is 19.4 Å². The number of para-hydroxylation sites is 1. The topological polar surface area (TPSA) is 95.1 Å². The third kappa shape index (κ3) is 4.12. The monoisotopic (exact) mass is 455 g/mol. The predicted molar refractivity (Wildman–Crippen MR) is 121 cm³/mol. The highest BCUT2D eigenvalue weighted by Gasteiger charge is 2.45. The van der Waals surface area contributed by atoms with E-state index in [4.69, 9.17) is 0 Å². The van der Waals surface area contributed by atoms with Crippen molar-refractivity contribution in [2.24, 2.45) is 0 Å². The first kappa shape index (κ1) is 22.0. The van der Waals surface area contributed by atoms with Crippen molar-refractivity contribution in [3.8, 4) is 0 Å². The van der Waals surface area contributed by atoms with Gasteiger partial charge >= 0.3 is 6.03 Å². The van der Waals surface area contributed by atoms with Crippen molar-refractivity contribution in [1.29, 1.82) is 0 Å². The maximum absolute atomic E-state index is 13.3. The Hall–Kier alpha value is -3.20. The Morgan fingerprint density at radius 1 is 1.06 bits per heavy atom. The van der Waals surface area contributed by atoms with Gasteiger partial charge in [0.15, 0.2) is 9.84 Å². The number of aryl methyl sites for hydroxylation is 1. The molecule has 0 aromatic heterocycles. The number of amides is 4. The van der Waals surface area contributed by atoms with E-state index in [1.165, 1.54) is 9.80 Å². The van der Waals surface area contributed by atoms with Crippen molar-refractivity contribution in [2.45, 2.75) is 32.4 Å². The lowest BCUT2D eigenvalue weighted by Gasteiger charge is -2.29. The van der Waals surface area contributed by atoms with Gasteiger partial charge in [-0.3, -0.25) is 19.4 Å². The van der Waals surface area contributed by atoms with Crippen LogP contribution in [0.5, 0.6) is 0 Å². The van der Waals surface area contributed by atoms with E-state index in [1.54, 1.807) is 49.4 Å². The zero-order valence-electron chi connectivity index (χ0n) is 18.0. The second-order valence-corrected chi connectivity index (χ2v) is 10.5. The minimum absolute atomic E-state index is 0.00803.